The van der Waals surface area contributed by atoms with E-state index in [0.717, 1.165) is 22.3 Å². The number of amides is 3. The number of thioether (sulfide) groups is 1. The summed E-state index contributed by atoms with van der Waals surface area (Å²) >= 11 is 6.84. The second-order valence-corrected chi connectivity index (χ2v) is 8.61. The predicted octanol–water partition coefficient (Wildman–Crippen LogP) is 4.44. The molecule has 1 N–H and O–H groups in total. The third kappa shape index (κ3) is 4.99. The van der Waals surface area contributed by atoms with Gasteiger partial charge in [-0.15, -0.1) is 0 Å². The SMILES string of the molecule is Cc1c(C(=O)NCCN2C(=O)S/C(=C\c3ccc(F)cc3)C2=O)cnn1-c1cccc(Cl)c1. The van der Waals surface area contributed by atoms with Crippen molar-refractivity contribution in [2.45, 2.75) is 6.92 Å². The molecule has 1 aliphatic rings. The molecule has 0 atom stereocenters. The topological polar surface area (TPSA) is 84.3 Å². The summed E-state index contributed by atoms with van der Waals surface area (Å²) in [6.45, 7) is 1.88. The van der Waals surface area contributed by atoms with Gasteiger partial charge in [0.1, 0.15) is 5.82 Å². The minimum Gasteiger partial charge on any atom is -0.350 e. The highest BCUT2D eigenvalue weighted by atomic mass is 35.5. The second-order valence-electron chi connectivity index (χ2n) is 7.18. The Morgan fingerprint density at radius 1 is 1.21 bits per heavy atom. The van der Waals surface area contributed by atoms with E-state index in [1.54, 1.807) is 29.8 Å². The van der Waals surface area contributed by atoms with Gasteiger partial charge in [-0.25, -0.2) is 9.07 Å². The van der Waals surface area contributed by atoms with Gasteiger partial charge >= 0.3 is 0 Å². The summed E-state index contributed by atoms with van der Waals surface area (Å²) in [4.78, 5) is 38.8. The zero-order valence-electron chi connectivity index (χ0n) is 17.4. The lowest BCUT2D eigenvalue weighted by Gasteiger charge is -2.13. The number of hydrogen-bond acceptors (Lipinski definition) is 5. The molecule has 1 saturated heterocycles. The molecule has 2 aromatic carbocycles. The van der Waals surface area contributed by atoms with Gasteiger partial charge in [0, 0.05) is 18.1 Å². The van der Waals surface area contributed by atoms with Crippen molar-refractivity contribution < 1.29 is 18.8 Å². The molecule has 0 saturated carbocycles. The smallest absolute Gasteiger partial charge is 0.293 e. The van der Waals surface area contributed by atoms with E-state index in [9.17, 15) is 18.8 Å². The van der Waals surface area contributed by atoms with Crippen LogP contribution in [0.3, 0.4) is 0 Å². The lowest BCUT2D eigenvalue weighted by atomic mass is 10.2. The van der Waals surface area contributed by atoms with Crippen molar-refractivity contribution in [2.24, 2.45) is 0 Å². The quantitative estimate of drug-likeness (QED) is 0.523. The van der Waals surface area contributed by atoms with E-state index in [2.05, 4.69) is 10.4 Å². The predicted molar refractivity (Wildman–Crippen MR) is 125 cm³/mol. The van der Waals surface area contributed by atoms with Crippen molar-refractivity contribution in [3.63, 3.8) is 0 Å². The zero-order chi connectivity index (χ0) is 23.5. The molecule has 33 heavy (non-hydrogen) atoms. The Kier molecular flexibility index (Phi) is 6.62. The number of carbonyl (C=O) groups is 3. The van der Waals surface area contributed by atoms with Crippen LogP contribution >= 0.6 is 23.4 Å². The minimum absolute atomic E-state index is 0.0264. The largest absolute Gasteiger partial charge is 0.350 e. The normalized spacial score (nSPS) is 14.9. The van der Waals surface area contributed by atoms with Gasteiger partial charge in [-0.3, -0.25) is 19.3 Å². The number of rotatable bonds is 6. The van der Waals surface area contributed by atoms with Crippen LogP contribution < -0.4 is 5.32 Å². The van der Waals surface area contributed by atoms with Crippen LogP contribution in [-0.2, 0) is 4.79 Å². The lowest BCUT2D eigenvalue weighted by molar-refractivity contribution is -0.122. The number of aromatic nitrogens is 2. The molecule has 0 unspecified atom stereocenters. The molecule has 0 radical (unpaired) electrons. The molecule has 7 nitrogen and oxygen atoms in total. The highest BCUT2D eigenvalue weighted by molar-refractivity contribution is 8.18. The molecule has 1 aliphatic heterocycles. The molecule has 3 amide bonds. The summed E-state index contributed by atoms with van der Waals surface area (Å²) in [5.74, 6) is -1.20. The number of carbonyl (C=O) groups excluding carboxylic acids is 3. The highest BCUT2D eigenvalue weighted by Crippen LogP contribution is 2.31. The molecule has 1 fully saturated rings. The second kappa shape index (κ2) is 9.60. The van der Waals surface area contributed by atoms with E-state index < -0.39 is 11.1 Å². The maximum Gasteiger partial charge on any atom is 0.293 e. The molecule has 10 heteroatoms. The molecular formula is C23H18ClFN4O3S. The fourth-order valence-corrected chi connectivity index (χ4v) is 4.33. The van der Waals surface area contributed by atoms with Gasteiger partial charge in [0.05, 0.1) is 28.0 Å². The van der Waals surface area contributed by atoms with Crippen LogP contribution in [0.2, 0.25) is 5.02 Å². The number of nitrogens with one attached hydrogen (secondary N) is 1. The van der Waals surface area contributed by atoms with Gasteiger partial charge in [-0.2, -0.15) is 5.10 Å². The van der Waals surface area contributed by atoms with Gasteiger partial charge in [-0.05, 0) is 60.7 Å². The van der Waals surface area contributed by atoms with Crippen LogP contribution in [0.25, 0.3) is 11.8 Å². The van der Waals surface area contributed by atoms with E-state index in [-0.39, 0.29) is 29.7 Å². The molecule has 0 aliphatic carbocycles. The van der Waals surface area contributed by atoms with Crippen molar-refractivity contribution in [3.8, 4) is 5.69 Å². The Bertz CT molecular complexity index is 1270. The van der Waals surface area contributed by atoms with Crippen LogP contribution in [0, 0.1) is 12.7 Å². The first-order chi connectivity index (χ1) is 15.8. The number of nitrogens with zero attached hydrogens (tertiary/aromatic N) is 3. The fourth-order valence-electron chi connectivity index (χ4n) is 3.28. The van der Waals surface area contributed by atoms with E-state index in [1.807, 2.05) is 6.07 Å². The summed E-state index contributed by atoms with van der Waals surface area (Å²) in [5, 5.41) is 7.11. The van der Waals surface area contributed by atoms with Crippen LogP contribution in [0.15, 0.2) is 59.6 Å². The molecule has 0 bridgehead atoms. The average Bonchev–Trinajstić information content (AvgIpc) is 3.29. The highest BCUT2D eigenvalue weighted by Gasteiger charge is 2.34. The lowest BCUT2D eigenvalue weighted by Crippen LogP contribution is -2.37. The van der Waals surface area contributed by atoms with E-state index >= 15 is 0 Å². The van der Waals surface area contributed by atoms with Gasteiger partial charge in [0.15, 0.2) is 0 Å². The van der Waals surface area contributed by atoms with Crippen molar-refractivity contribution in [1.82, 2.24) is 20.0 Å². The summed E-state index contributed by atoms with van der Waals surface area (Å²) < 4.78 is 14.7. The van der Waals surface area contributed by atoms with E-state index in [1.165, 1.54) is 36.5 Å². The maximum atomic E-state index is 13.1. The van der Waals surface area contributed by atoms with Crippen molar-refractivity contribution in [1.29, 1.82) is 0 Å². The number of hydrogen-bond donors (Lipinski definition) is 1. The first-order valence-corrected chi connectivity index (χ1v) is 11.1. The van der Waals surface area contributed by atoms with Crippen LogP contribution in [-0.4, -0.2) is 44.8 Å². The average molecular weight is 485 g/mol. The number of imide groups is 1. The zero-order valence-corrected chi connectivity index (χ0v) is 19.0. The van der Waals surface area contributed by atoms with Crippen molar-refractivity contribution in [2.75, 3.05) is 13.1 Å². The third-order valence-electron chi connectivity index (χ3n) is 4.97. The Labute approximate surface area is 198 Å². The summed E-state index contributed by atoms with van der Waals surface area (Å²) in [7, 11) is 0. The van der Waals surface area contributed by atoms with Crippen molar-refractivity contribution in [3.05, 3.63) is 87.3 Å². The fraction of sp³-hybridized carbons (Fsp3) is 0.130. The molecule has 3 aromatic rings. The monoisotopic (exact) mass is 484 g/mol. The Balaban J connectivity index is 1.37. The summed E-state index contributed by atoms with van der Waals surface area (Å²) in [6.07, 6.45) is 2.99. The van der Waals surface area contributed by atoms with Crippen LogP contribution in [0.4, 0.5) is 9.18 Å². The summed E-state index contributed by atoms with van der Waals surface area (Å²) in [5.41, 5.74) is 2.34. The molecule has 168 valence electrons. The minimum atomic E-state index is -0.450. The number of halogens is 2. The Morgan fingerprint density at radius 3 is 2.70 bits per heavy atom. The van der Waals surface area contributed by atoms with Crippen LogP contribution in [0.5, 0.6) is 0 Å². The number of benzene rings is 2. The molecule has 2 heterocycles. The van der Waals surface area contributed by atoms with Gasteiger partial charge < -0.3 is 5.32 Å². The standard InChI is InChI=1S/C23H18ClFN4O3S/c1-14-19(13-27-29(14)18-4-2-3-16(24)12-18)21(30)26-9-10-28-22(31)20(33-23(28)32)11-15-5-7-17(25)8-6-15/h2-8,11-13H,9-10H2,1H3,(H,26,30)/b20-11-. The third-order valence-corrected chi connectivity index (χ3v) is 6.11. The maximum absolute atomic E-state index is 13.1. The Morgan fingerprint density at radius 2 is 1.97 bits per heavy atom. The first kappa shape index (κ1) is 22.8. The van der Waals surface area contributed by atoms with Crippen LogP contribution in [0.1, 0.15) is 21.6 Å². The van der Waals surface area contributed by atoms with Crippen molar-refractivity contribution >= 4 is 46.5 Å². The first-order valence-electron chi connectivity index (χ1n) is 9.93. The van der Waals surface area contributed by atoms with E-state index in [4.69, 9.17) is 11.6 Å². The summed E-state index contributed by atoms with van der Waals surface area (Å²) in [6, 6.07) is 12.7. The van der Waals surface area contributed by atoms with Gasteiger partial charge in [-0.1, -0.05) is 29.8 Å². The molecule has 0 spiro atoms. The molecular weight excluding hydrogens is 467 g/mol. The molecule has 4 rings (SSSR count). The Hall–Kier alpha value is -3.43. The van der Waals surface area contributed by atoms with E-state index in [0.29, 0.717) is 21.8 Å². The van der Waals surface area contributed by atoms with Gasteiger partial charge in [0.25, 0.3) is 17.1 Å². The van der Waals surface area contributed by atoms with Gasteiger partial charge in [0.2, 0.25) is 0 Å². The molecule has 1 aromatic heterocycles.